The van der Waals surface area contributed by atoms with Crippen molar-refractivity contribution in [2.75, 3.05) is 5.32 Å². The highest BCUT2D eigenvalue weighted by molar-refractivity contribution is 8.00. The number of carbonyl (C=O) groups is 1. The van der Waals surface area contributed by atoms with E-state index >= 15 is 0 Å². The molecule has 1 aromatic carbocycles. The lowest BCUT2D eigenvalue weighted by Gasteiger charge is -2.19. The molecule has 4 nitrogen and oxygen atoms in total. The van der Waals surface area contributed by atoms with Gasteiger partial charge in [0.15, 0.2) is 4.34 Å². The summed E-state index contributed by atoms with van der Waals surface area (Å²) in [5, 5.41) is 11.9. The van der Waals surface area contributed by atoms with Crippen molar-refractivity contribution in [1.29, 1.82) is 0 Å². The van der Waals surface area contributed by atoms with E-state index in [2.05, 4.69) is 53.6 Å². The number of amides is 1. The highest BCUT2D eigenvalue weighted by atomic mass is 32.2. The second kappa shape index (κ2) is 8.81. The molecule has 1 fully saturated rings. The highest BCUT2D eigenvalue weighted by Crippen LogP contribution is 2.30. The molecule has 0 bridgehead atoms. The number of nitrogens with zero attached hydrogens (tertiary/aromatic N) is 2. The minimum atomic E-state index is 0.108. The van der Waals surface area contributed by atoms with Crippen molar-refractivity contribution >= 4 is 34.1 Å². The van der Waals surface area contributed by atoms with E-state index in [1.807, 2.05) is 0 Å². The number of hydrogen-bond acceptors (Lipinski definition) is 5. The van der Waals surface area contributed by atoms with Gasteiger partial charge in [0, 0.05) is 11.7 Å². The van der Waals surface area contributed by atoms with Crippen molar-refractivity contribution < 1.29 is 4.79 Å². The SMILES string of the molecule is CC(C)c1ccc(CSc2nnc(NC(=O)C3CCCCC3)s2)cc1. The number of anilines is 1. The van der Waals surface area contributed by atoms with Crippen molar-refractivity contribution in [1.82, 2.24) is 10.2 Å². The Hall–Kier alpha value is -1.40. The Kier molecular flexibility index (Phi) is 6.48. The quantitative estimate of drug-likeness (QED) is 0.537. The zero-order valence-electron chi connectivity index (χ0n) is 14.8. The number of aromatic nitrogens is 2. The van der Waals surface area contributed by atoms with Crippen LogP contribution in [-0.4, -0.2) is 16.1 Å². The molecule has 1 aliphatic rings. The fourth-order valence-corrected chi connectivity index (χ4v) is 4.75. The van der Waals surface area contributed by atoms with Crippen molar-refractivity contribution in [3.63, 3.8) is 0 Å². The summed E-state index contributed by atoms with van der Waals surface area (Å²) in [4.78, 5) is 12.3. The van der Waals surface area contributed by atoms with Crippen LogP contribution in [0.25, 0.3) is 0 Å². The maximum absolute atomic E-state index is 12.3. The van der Waals surface area contributed by atoms with E-state index in [9.17, 15) is 4.79 Å². The molecule has 0 saturated heterocycles. The van der Waals surface area contributed by atoms with Gasteiger partial charge in [0.2, 0.25) is 11.0 Å². The smallest absolute Gasteiger partial charge is 0.229 e. The maximum Gasteiger partial charge on any atom is 0.229 e. The Morgan fingerprint density at radius 3 is 2.60 bits per heavy atom. The largest absolute Gasteiger partial charge is 0.300 e. The summed E-state index contributed by atoms with van der Waals surface area (Å²) in [7, 11) is 0. The summed E-state index contributed by atoms with van der Waals surface area (Å²) in [6.07, 6.45) is 5.56. The molecular weight excluding hydrogens is 350 g/mol. The average molecular weight is 376 g/mol. The zero-order valence-corrected chi connectivity index (χ0v) is 16.5. The van der Waals surface area contributed by atoms with Gasteiger partial charge in [-0.3, -0.25) is 4.79 Å². The first-order valence-electron chi connectivity index (χ1n) is 8.98. The topological polar surface area (TPSA) is 54.9 Å². The van der Waals surface area contributed by atoms with Crippen LogP contribution in [0.3, 0.4) is 0 Å². The normalized spacial score (nSPS) is 15.5. The monoisotopic (exact) mass is 375 g/mol. The molecule has 2 aromatic rings. The van der Waals surface area contributed by atoms with E-state index in [1.54, 1.807) is 11.8 Å². The van der Waals surface area contributed by atoms with Crippen LogP contribution >= 0.6 is 23.1 Å². The number of rotatable bonds is 6. The second-order valence-electron chi connectivity index (χ2n) is 6.88. The number of benzene rings is 1. The van der Waals surface area contributed by atoms with Crippen LogP contribution in [0, 0.1) is 5.92 Å². The number of hydrogen-bond donors (Lipinski definition) is 1. The minimum absolute atomic E-state index is 0.108. The summed E-state index contributed by atoms with van der Waals surface area (Å²) >= 11 is 3.13. The third-order valence-electron chi connectivity index (χ3n) is 4.62. The molecule has 6 heteroatoms. The Morgan fingerprint density at radius 2 is 1.92 bits per heavy atom. The number of carbonyl (C=O) groups excluding carboxylic acids is 1. The van der Waals surface area contributed by atoms with E-state index < -0.39 is 0 Å². The number of thioether (sulfide) groups is 1. The van der Waals surface area contributed by atoms with E-state index in [0.29, 0.717) is 11.0 Å². The van der Waals surface area contributed by atoms with Gasteiger partial charge in [-0.05, 0) is 29.9 Å². The van der Waals surface area contributed by atoms with Gasteiger partial charge >= 0.3 is 0 Å². The van der Waals surface area contributed by atoms with Crippen LogP contribution in [0.5, 0.6) is 0 Å². The molecule has 1 amide bonds. The van der Waals surface area contributed by atoms with Crippen molar-refractivity contribution in [3.8, 4) is 0 Å². The van der Waals surface area contributed by atoms with Crippen LogP contribution in [0.15, 0.2) is 28.6 Å². The lowest BCUT2D eigenvalue weighted by molar-refractivity contribution is -0.120. The predicted molar refractivity (Wildman–Crippen MR) is 105 cm³/mol. The first-order valence-corrected chi connectivity index (χ1v) is 10.8. The molecule has 3 rings (SSSR count). The third kappa shape index (κ3) is 5.28. The van der Waals surface area contributed by atoms with Crippen LogP contribution in [-0.2, 0) is 10.5 Å². The molecule has 1 N–H and O–H groups in total. The standard InChI is InChI=1S/C19H25N3OS2/c1-13(2)15-10-8-14(9-11-15)12-24-19-22-21-18(25-19)20-17(23)16-6-4-3-5-7-16/h8-11,13,16H,3-7,12H2,1-2H3,(H,20,21,23). The molecule has 1 heterocycles. The Balaban J connectivity index is 1.50. The molecule has 1 aliphatic carbocycles. The van der Waals surface area contributed by atoms with Crippen LogP contribution < -0.4 is 5.32 Å². The molecule has 1 aromatic heterocycles. The van der Waals surface area contributed by atoms with Gasteiger partial charge in [-0.1, -0.05) is 80.5 Å². The molecule has 0 radical (unpaired) electrons. The van der Waals surface area contributed by atoms with Crippen molar-refractivity contribution in [3.05, 3.63) is 35.4 Å². The average Bonchev–Trinajstić information content (AvgIpc) is 3.08. The molecule has 0 unspecified atom stereocenters. The lowest BCUT2D eigenvalue weighted by atomic mass is 9.89. The summed E-state index contributed by atoms with van der Waals surface area (Å²) in [5.74, 6) is 1.67. The van der Waals surface area contributed by atoms with E-state index in [0.717, 1.165) is 35.8 Å². The Morgan fingerprint density at radius 1 is 1.20 bits per heavy atom. The van der Waals surface area contributed by atoms with Crippen LogP contribution in [0.2, 0.25) is 0 Å². The van der Waals surface area contributed by atoms with Gasteiger partial charge in [0.25, 0.3) is 0 Å². The predicted octanol–water partition coefficient (Wildman–Crippen LogP) is 5.47. The van der Waals surface area contributed by atoms with Crippen LogP contribution in [0.1, 0.15) is 63.0 Å². The van der Waals surface area contributed by atoms with Gasteiger partial charge in [0.1, 0.15) is 0 Å². The summed E-state index contributed by atoms with van der Waals surface area (Å²) < 4.78 is 0.895. The van der Waals surface area contributed by atoms with Gasteiger partial charge in [-0.25, -0.2) is 0 Å². The Labute approximate surface area is 157 Å². The fraction of sp³-hybridized carbons (Fsp3) is 0.526. The van der Waals surface area contributed by atoms with Gasteiger partial charge < -0.3 is 5.32 Å². The first kappa shape index (κ1) is 18.4. The molecule has 0 aliphatic heterocycles. The summed E-state index contributed by atoms with van der Waals surface area (Å²) in [5.41, 5.74) is 2.63. The van der Waals surface area contributed by atoms with Crippen molar-refractivity contribution in [2.45, 2.75) is 62.0 Å². The molecular formula is C19H25N3OS2. The molecule has 0 atom stereocenters. The lowest BCUT2D eigenvalue weighted by Crippen LogP contribution is -2.24. The van der Waals surface area contributed by atoms with Crippen LogP contribution in [0.4, 0.5) is 5.13 Å². The highest BCUT2D eigenvalue weighted by Gasteiger charge is 2.22. The minimum Gasteiger partial charge on any atom is -0.300 e. The van der Waals surface area contributed by atoms with E-state index in [1.165, 1.54) is 28.9 Å². The molecule has 0 spiro atoms. The summed E-state index contributed by atoms with van der Waals surface area (Å²) in [6.45, 7) is 4.41. The molecule has 134 valence electrons. The Bertz CT molecular complexity index is 691. The van der Waals surface area contributed by atoms with E-state index in [4.69, 9.17) is 0 Å². The van der Waals surface area contributed by atoms with E-state index in [-0.39, 0.29) is 11.8 Å². The summed E-state index contributed by atoms with van der Waals surface area (Å²) in [6, 6.07) is 8.73. The second-order valence-corrected chi connectivity index (χ2v) is 9.08. The van der Waals surface area contributed by atoms with Gasteiger partial charge in [-0.15, -0.1) is 10.2 Å². The third-order valence-corrected chi connectivity index (χ3v) is 6.66. The number of nitrogens with one attached hydrogen (secondary N) is 1. The fourth-order valence-electron chi connectivity index (χ4n) is 3.03. The first-order chi connectivity index (χ1) is 12.1. The molecule has 1 saturated carbocycles. The van der Waals surface area contributed by atoms with Crippen molar-refractivity contribution in [2.24, 2.45) is 5.92 Å². The molecule has 25 heavy (non-hydrogen) atoms. The van der Waals surface area contributed by atoms with Gasteiger partial charge in [0.05, 0.1) is 0 Å². The maximum atomic E-state index is 12.3. The zero-order chi connectivity index (χ0) is 17.6. The van der Waals surface area contributed by atoms with Gasteiger partial charge in [-0.2, -0.15) is 0 Å².